The molecule has 0 spiro atoms. The summed E-state index contributed by atoms with van der Waals surface area (Å²) in [4.78, 5) is 16.3. The molecule has 2 N–H and O–H groups in total. The largest absolute Gasteiger partial charge is 0.472 e. The molecular weight excluding hydrogens is 245 g/mol. The zero-order chi connectivity index (χ0) is 13.1. The van der Waals surface area contributed by atoms with Gasteiger partial charge in [0.25, 0.3) is 5.88 Å². The number of alkyl halides is 3. The van der Waals surface area contributed by atoms with Crippen molar-refractivity contribution in [1.82, 2.24) is 9.97 Å². The van der Waals surface area contributed by atoms with E-state index in [0.717, 1.165) is 6.20 Å². The van der Waals surface area contributed by atoms with Crippen molar-refractivity contribution >= 4 is 11.6 Å². The maximum atomic E-state index is 11.8. The van der Waals surface area contributed by atoms with Crippen LogP contribution in [0, 0.1) is 10.1 Å². The molecule has 0 aromatic carbocycles. The number of rotatable bonds is 4. The number of aromatic nitrogens is 2. The minimum atomic E-state index is -4.41. The van der Waals surface area contributed by atoms with E-state index < -0.39 is 35.7 Å². The third-order valence-corrected chi connectivity index (χ3v) is 1.58. The summed E-state index contributed by atoms with van der Waals surface area (Å²) >= 11 is 0. The molecule has 0 saturated heterocycles. The maximum absolute atomic E-state index is 11.8. The average Bonchev–Trinajstić information content (AvgIpc) is 2.15. The van der Waals surface area contributed by atoms with E-state index in [1.807, 2.05) is 0 Å². The predicted octanol–water partition coefficient (Wildman–Crippen LogP) is 1.30. The van der Waals surface area contributed by atoms with E-state index in [1.54, 1.807) is 0 Å². The molecule has 0 unspecified atom stereocenters. The van der Waals surface area contributed by atoms with Gasteiger partial charge in [0.05, 0.1) is 18.0 Å². The van der Waals surface area contributed by atoms with Crippen molar-refractivity contribution < 1.29 is 22.8 Å². The van der Waals surface area contributed by atoms with Crippen molar-refractivity contribution in [2.45, 2.75) is 12.6 Å². The van der Waals surface area contributed by atoms with Gasteiger partial charge < -0.3 is 10.5 Å². The van der Waals surface area contributed by atoms with Crippen LogP contribution in [0.1, 0.15) is 6.42 Å². The van der Waals surface area contributed by atoms with Crippen LogP contribution in [0.25, 0.3) is 0 Å². The third-order valence-electron chi connectivity index (χ3n) is 1.58. The molecule has 17 heavy (non-hydrogen) atoms. The Hall–Kier alpha value is -2.13. The molecule has 1 aromatic rings. The number of hydrogen-bond acceptors (Lipinski definition) is 6. The number of halogens is 3. The standard InChI is InChI=1S/C7H7F3N4O3/c8-7(9,10)1-2-17-5-4(14(15)16)3-12-6(11)13-5/h3H,1-2H2,(H2,11,12,13). The lowest BCUT2D eigenvalue weighted by molar-refractivity contribution is -0.386. The molecule has 0 aliphatic carbocycles. The van der Waals surface area contributed by atoms with Gasteiger partial charge in [-0.05, 0) is 0 Å². The molecule has 0 aliphatic rings. The fourth-order valence-corrected chi connectivity index (χ4v) is 0.868. The lowest BCUT2D eigenvalue weighted by Crippen LogP contribution is -2.14. The summed E-state index contributed by atoms with van der Waals surface area (Å²) in [6.07, 6.45) is -4.88. The van der Waals surface area contributed by atoms with Gasteiger partial charge in [-0.15, -0.1) is 0 Å². The molecule has 1 heterocycles. The first-order valence-electron chi connectivity index (χ1n) is 4.26. The molecule has 94 valence electrons. The minimum absolute atomic E-state index is 0.322. The molecule has 1 aromatic heterocycles. The Balaban J connectivity index is 2.75. The molecule has 0 fully saturated rings. The van der Waals surface area contributed by atoms with E-state index in [0.29, 0.717) is 0 Å². The second-order valence-electron chi connectivity index (χ2n) is 2.89. The Labute approximate surface area is 92.6 Å². The van der Waals surface area contributed by atoms with Gasteiger partial charge in [-0.3, -0.25) is 10.1 Å². The first kappa shape index (κ1) is 12.9. The molecular formula is C7H7F3N4O3. The van der Waals surface area contributed by atoms with Crippen LogP contribution in [0.3, 0.4) is 0 Å². The van der Waals surface area contributed by atoms with E-state index in [4.69, 9.17) is 5.73 Å². The summed E-state index contributed by atoms with van der Waals surface area (Å²) in [6, 6.07) is 0. The zero-order valence-corrected chi connectivity index (χ0v) is 8.27. The summed E-state index contributed by atoms with van der Waals surface area (Å²) in [5.74, 6) is -0.899. The van der Waals surface area contributed by atoms with Gasteiger partial charge >= 0.3 is 11.9 Å². The van der Waals surface area contributed by atoms with Gasteiger partial charge in [0.2, 0.25) is 5.95 Å². The van der Waals surface area contributed by atoms with Crippen LogP contribution in [0.15, 0.2) is 6.20 Å². The molecule has 1 rings (SSSR count). The molecule has 0 amide bonds. The fourth-order valence-electron chi connectivity index (χ4n) is 0.868. The fraction of sp³-hybridized carbons (Fsp3) is 0.429. The van der Waals surface area contributed by atoms with Crippen LogP contribution >= 0.6 is 0 Å². The topological polar surface area (TPSA) is 104 Å². The van der Waals surface area contributed by atoms with Crippen LogP contribution in [-0.4, -0.2) is 27.7 Å². The molecule has 0 atom stereocenters. The lowest BCUT2D eigenvalue weighted by atomic mass is 10.4. The van der Waals surface area contributed by atoms with Gasteiger partial charge in [0.1, 0.15) is 6.20 Å². The number of anilines is 1. The van der Waals surface area contributed by atoms with Crippen molar-refractivity contribution in [3.63, 3.8) is 0 Å². The van der Waals surface area contributed by atoms with E-state index in [9.17, 15) is 23.3 Å². The predicted molar refractivity (Wildman–Crippen MR) is 49.3 cm³/mol. The second kappa shape index (κ2) is 4.80. The lowest BCUT2D eigenvalue weighted by Gasteiger charge is -2.07. The van der Waals surface area contributed by atoms with Gasteiger partial charge in [0.15, 0.2) is 0 Å². The first-order chi connectivity index (χ1) is 7.79. The number of nitrogens with zero attached hydrogens (tertiary/aromatic N) is 3. The smallest absolute Gasteiger partial charge is 0.392 e. The average molecular weight is 252 g/mol. The summed E-state index contributed by atoms with van der Waals surface area (Å²) in [5.41, 5.74) is 4.50. The highest BCUT2D eigenvalue weighted by molar-refractivity contribution is 5.41. The van der Waals surface area contributed by atoms with Crippen molar-refractivity contribution in [1.29, 1.82) is 0 Å². The third kappa shape index (κ3) is 4.09. The Kier molecular flexibility index (Phi) is 3.66. The normalized spacial score (nSPS) is 11.2. The molecule has 0 aliphatic heterocycles. The van der Waals surface area contributed by atoms with E-state index in [-0.39, 0.29) is 5.95 Å². The Bertz CT molecular complexity index is 423. The van der Waals surface area contributed by atoms with E-state index in [2.05, 4.69) is 14.7 Å². The zero-order valence-electron chi connectivity index (χ0n) is 8.27. The van der Waals surface area contributed by atoms with E-state index >= 15 is 0 Å². The molecule has 0 saturated carbocycles. The second-order valence-corrected chi connectivity index (χ2v) is 2.89. The summed E-state index contributed by atoms with van der Waals surface area (Å²) in [6.45, 7) is -0.777. The number of ether oxygens (including phenoxy) is 1. The monoisotopic (exact) mass is 252 g/mol. The van der Waals surface area contributed by atoms with Gasteiger partial charge in [-0.2, -0.15) is 18.2 Å². The highest BCUT2D eigenvalue weighted by Gasteiger charge is 2.28. The van der Waals surface area contributed by atoms with Crippen LogP contribution in [0.2, 0.25) is 0 Å². The van der Waals surface area contributed by atoms with Gasteiger partial charge in [-0.1, -0.05) is 0 Å². The van der Waals surface area contributed by atoms with Crippen molar-refractivity contribution in [3.8, 4) is 5.88 Å². The Morgan fingerprint density at radius 1 is 1.53 bits per heavy atom. The number of nitrogens with two attached hydrogens (primary N) is 1. The van der Waals surface area contributed by atoms with Crippen molar-refractivity contribution in [2.75, 3.05) is 12.3 Å². The van der Waals surface area contributed by atoms with Crippen LogP contribution in [-0.2, 0) is 0 Å². The highest BCUT2D eigenvalue weighted by Crippen LogP contribution is 2.25. The first-order valence-corrected chi connectivity index (χ1v) is 4.26. The van der Waals surface area contributed by atoms with Crippen LogP contribution in [0.5, 0.6) is 5.88 Å². The maximum Gasteiger partial charge on any atom is 0.392 e. The minimum Gasteiger partial charge on any atom is -0.472 e. The summed E-state index contributed by atoms with van der Waals surface area (Å²) in [7, 11) is 0. The van der Waals surface area contributed by atoms with Gasteiger partial charge in [-0.25, -0.2) is 4.98 Å². The number of hydrogen-bond donors (Lipinski definition) is 1. The van der Waals surface area contributed by atoms with Gasteiger partial charge in [0, 0.05) is 0 Å². The number of nitrogen functional groups attached to an aromatic ring is 1. The molecule has 7 nitrogen and oxygen atoms in total. The Morgan fingerprint density at radius 3 is 2.71 bits per heavy atom. The summed E-state index contributed by atoms with van der Waals surface area (Å²) in [5, 5.41) is 10.5. The van der Waals surface area contributed by atoms with Crippen molar-refractivity contribution in [3.05, 3.63) is 16.3 Å². The van der Waals surface area contributed by atoms with Crippen molar-refractivity contribution in [2.24, 2.45) is 0 Å². The SMILES string of the molecule is Nc1ncc([N+](=O)[O-])c(OCCC(F)(F)F)n1. The molecule has 10 heteroatoms. The Morgan fingerprint density at radius 2 is 2.18 bits per heavy atom. The van der Waals surface area contributed by atoms with E-state index in [1.165, 1.54) is 0 Å². The highest BCUT2D eigenvalue weighted by atomic mass is 19.4. The van der Waals surface area contributed by atoms with Crippen LogP contribution in [0.4, 0.5) is 24.8 Å². The van der Waals surface area contributed by atoms with Crippen LogP contribution < -0.4 is 10.5 Å². The quantitative estimate of drug-likeness (QED) is 0.639. The summed E-state index contributed by atoms with van der Waals surface area (Å²) < 4.78 is 40.0. The number of nitro groups is 1. The molecule has 0 bridgehead atoms. The molecule has 0 radical (unpaired) electrons.